The Morgan fingerprint density at radius 2 is 1.90 bits per heavy atom. The molecule has 0 unspecified atom stereocenters. The Morgan fingerprint density at radius 1 is 1.10 bits per heavy atom. The van der Waals surface area contributed by atoms with Gasteiger partial charge in [0, 0.05) is 0 Å². The van der Waals surface area contributed by atoms with E-state index in [1.165, 1.54) is 48.9 Å². The summed E-state index contributed by atoms with van der Waals surface area (Å²) in [6.07, 6.45) is 8.10. The molecule has 0 amide bonds. The number of nitrogens with one attached hydrogen (secondary N) is 1. The summed E-state index contributed by atoms with van der Waals surface area (Å²) in [7, 11) is 1.62. The van der Waals surface area contributed by atoms with Gasteiger partial charge < -0.3 is 10.1 Å². The number of piperidine rings is 1. The topological polar surface area (TPSA) is 56.1 Å². The van der Waals surface area contributed by atoms with Crippen LogP contribution in [0.4, 0.5) is 0 Å². The first kappa shape index (κ1) is 19.1. The van der Waals surface area contributed by atoms with Gasteiger partial charge in [0.2, 0.25) is 0 Å². The van der Waals surface area contributed by atoms with E-state index in [0.29, 0.717) is 17.1 Å². The van der Waals surface area contributed by atoms with Gasteiger partial charge in [0.25, 0.3) is 5.56 Å². The molecular weight excluding hydrogens is 386 g/mol. The predicted octanol–water partition coefficient (Wildman–Crippen LogP) is 4.42. The quantitative estimate of drug-likeness (QED) is 0.673. The fraction of sp³-hybridized carbons (Fsp3) is 0.462. The molecule has 1 aliphatic carbocycles. The minimum Gasteiger partial charge on any atom is -0.496 e. The van der Waals surface area contributed by atoms with E-state index in [0.717, 1.165) is 37.3 Å². The minimum absolute atomic E-state index is 0.142. The number of nitrogens with zero attached hydrogens (tertiary/aromatic N) is 2. The average molecular weight is 416 g/mol. The van der Waals surface area contributed by atoms with Crippen molar-refractivity contribution >= 4 is 10.9 Å². The standard InChI is InChI=1S/C26H29N3O2/c1-31-22-7-5-6-20-23(22)24(30)28-25-26(12-3-2-4-13-26)19-9-8-18(16-21(19)29(20)25)17-10-14-27-15-11-17/h5-9,16-17,27H,2-4,10-15H2,1H3. The molecule has 2 fully saturated rings. The van der Waals surface area contributed by atoms with Gasteiger partial charge in [-0.3, -0.25) is 9.36 Å². The number of hydrogen-bond donors (Lipinski definition) is 1. The number of hydrogen-bond acceptors (Lipinski definition) is 4. The van der Waals surface area contributed by atoms with E-state index in [1.54, 1.807) is 7.11 Å². The Hall–Kier alpha value is -2.66. The highest BCUT2D eigenvalue weighted by atomic mass is 16.5. The Bertz CT molecular complexity index is 1220. The van der Waals surface area contributed by atoms with Crippen LogP contribution in [0.15, 0.2) is 41.2 Å². The van der Waals surface area contributed by atoms with Gasteiger partial charge in [-0.2, -0.15) is 4.98 Å². The first-order valence-corrected chi connectivity index (χ1v) is 11.7. The second-order valence-corrected chi connectivity index (χ2v) is 9.37. The number of methoxy groups -OCH3 is 1. The maximum atomic E-state index is 13.2. The summed E-state index contributed by atoms with van der Waals surface area (Å²) in [5.41, 5.74) is 4.59. The number of fused-ring (bicyclic) bond motifs is 7. The van der Waals surface area contributed by atoms with E-state index in [1.807, 2.05) is 18.2 Å². The molecule has 3 aliphatic rings. The van der Waals surface area contributed by atoms with Gasteiger partial charge >= 0.3 is 0 Å². The number of ether oxygens (including phenoxy) is 1. The summed E-state index contributed by atoms with van der Waals surface area (Å²) in [6.45, 7) is 2.16. The van der Waals surface area contributed by atoms with Crippen molar-refractivity contribution < 1.29 is 4.74 Å². The lowest BCUT2D eigenvalue weighted by atomic mass is 9.69. The maximum absolute atomic E-state index is 13.2. The molecule has 160 valence electrons. The fourth-order valence-corrected chi connectivity index (χ4v) is 6.29. The van der Waals surface area contributed by atoms with Crippen LogP contribution in [0.1, 0.15) is 67.8 Å². The van der Waals surface area contributed by atoms with Crippen molar-refractivity contribution in [2.45, 2.75) is 56.3 Å². The smallest absolute Gasteiger partial charge is 0.284 e. The first-order valence-electron chi connectivity index (χ1n) is 11.7. The van der Waals surface area contributed by atoms with Gasteiger partial charge in [-0.05, 0) is 74.0 Å². The normalized spacial score (nSPS) is 20.0. The fourth-order valence-electron chi connectivity index (χ4n) is 6.29. The molecular formula is C26H29N3O2. The summed E-state index contributed by atoms with van der Waals surface area (Å²) in [4.78, 5) is 17.9. The lowest BCUT2D eigenvalue weighted by Gasteiger charge is -2.33. The molecule has 3 aromatic rings. The van der Waals surface area contributed by atoms with Crippen LogP contribution in [-0.2, 0) is 5.41 Å². The Labute approximate surface area is 182 Å². The Kier molecular flexibility index (Phi) is 4.42. The second-order valence-electron chi connectivity index (χ2n) is 9.37. The van der Waals surface area contributed by atoms with Crippen LogP contribution in [-0.4, -0.2) is 29.8 Å². The zero-order valence-corrected chi connectivity index (χ0v) is 18.1. The van der Waals surface area contributed by atoms with E-state index in [-0.39, 0.29) is 11.0 Å². The molecule has 31 heavy (non-hydrogen) atoms. The van der Waals surface area contributed by atoms with Crippen molar-refractivity contribution in [2.24, 2.45) is 0 Å². The van der Waals surface area contributed by atoms with Crippen LogP contribution >= 0.6 is 0 Å². The van der Waals surface area contributed by atoms with Crippen molar-refractivity contribution in [3.63, 3.8) is 0 Å². The van der Waals surface area contributed by atoms with Crippen LogP contribution in [0.25, 0.3) is 16.6 Å². The number of rotatable bonds is 2. The molecule has 6 rings (SSSR count). The van der Waals surface area contributed by atoms with Crippen LogP contribution in [0.3, 0.4) is 0 Å². The van der Waals surface area contributed by atoms with Crippen molar-refractivity contribution in [2.75, 3.05) is 20.2 Å². The third-order valence-electron chi connectivity index (χ3n) is 7.82. The highest BCUT2D eigenvalue weighted by Crippen LogP contribution is 2.52. The highest BCUT2D eigenvalue weighted by molar-refractivity contribution is 5.87. The van der Waals surface area contributed by atoms with Gasteiger partial charge in [-0.25, -0.2) is 0 Å². The first-order chi connectivity index (χ1) is 15.2. The molecule has 1 spiro atoms. The van der Waals surface area contributed by atoms with Crippen molar-refractivity contribution in [3.05, 3.63) is 63.7 Å². The third-order valence-corrected chi connectivity index (χ3v) is 7.82. The van der Waals surface area contributed by atoms with Gasteiger partial charge in [-0.1, -0.05) is 37.5 Å². The van der Waals surface area contributed by atoms with Crippen LogP contribution in [0, 0.1) is 0 Å². The summed E-state index contributed by atoms with van der Waals surface area (Å²) >= 11 is 0. The molecule has 2 aliphatic heterocycles. The lowest BCUT2D eigenvalue weighted by molar-refractivity contribution is 0.338. The second kappa shape index (κ2) is 7.20. The maximum Gasteiger partial charge on any atom is 0.284 e. The third kappa shape index (κ3) is 2.72. The Morgan fingerprint density at radius 3 is 2.68 bits per heavy atom. The van der Waals surface area contributed by atoms with Crippen LogP contribution in [0.5, 0.6) is 5.75 Å². The molecule has 0 bridgehead atoms. The van der Waals surface area contributed by atoms with Gasteiger partial charge in [0.15, 0.2) is 0 Å². The summed E-state index contributed by atoms with van der Waals surface area (Å²) in [6, 6.07) is 13.0. The predicted molar refractivity (Wildman–Crippen MR) is 123 cm³/mol. The summed E-state index contributed by atoms with van der Waals surface area (Å²) in [5, 5.41) is 4.06. The number of benzene rings is 2. The minimum atomic E-state index is -0.171. The van der Waals surface area contributed by atoms with E-state index in [4.69, 9.17) is 9.72 Å². The van der Waals surface area contributed by atoms with Crippen LogP contribution < -0.4 is 15.6 Å². The molecule has 1 saturated carbocycles. The van der Waals surface area contributed by atoms with Crippen molar-refractivity contribution in [1.29, 1.82) is 0 Å². The monoisotopic (exact) mass is 415 g/mol. The van der Waals surface area contributed by atoms with Crippen LogP contribution in [0.2, 0.25) is 0 Å². The van der Waals surface area contributed by atoms with E-state index in [2.05, 4.69) is 28.1 Å². The summed E-state index contributed by atoms with van der Waals surface area (Å²) in [5.74, 6) is 2.13. The lowest BCUT2D eigenvalue weighted by Crippen LogP contribution is -2.32. The Balaban J connectivity index is 1.65. The van der Waals surface area contributed by atoms with Gasteiger partial charge in [0.05, 0.1) is 23.7 Å². The zero-order chi connectivity index (χ0) is 21.0. The molecule has 3 heterocycles. The molecule has 1 aromatic heterocycles. The van der Waals surface area contributed by atoms with Crippen molar-refractivity contribution in [1.82, 2.24) is 14.9 Å². The van der Waals surface area contributed by atoms with Gasteiger partial charge in [0.1, 0.15) is 17.0 Å². The SMILES string of the molecule is COc1cccc2c1c(=O)nc1n2-c2cc(C3CCNCC3)ccc2C12CCCCC2. The summed E-state index contributed by atoms with van der Waals surface area (Å²) < 4.78 is 7.83. The largest absolute Gasteiger partial charge is 0.496 e. The molecule has 1 N–H and O–H groups in total. The molecule has 0 atom stereocenters. The highest BCUT2D eigenvalue weighted by Gasteiger charge is 2.46. The molecule has 5 heteroatoms. The zero-order valence-electron chi connectivity index (χ0n) is 18.1. The molecule has 5 nitrogen and oxygen atoms in total. The number of aromatic nitrogens is 2. The molecule has 2 aromatic carbocycles. The molecule has 0 radical (unpaired) electrons. The van der Waals surface area contributed by atoms with E-state index in [9.17, 15) is 4.79 Å². The van der Waals surface area contributed by atoms with E-state index >= 15 is 0 Å². The van der Waals surface area contributed by atoms with Gasteiger partial charge in [-0.15, -0.1) is 0 Å². The average Bonchev–Trinajstić information content (AvgIpc) is 3.08. The molecule has 1 saturated heterocycles. The van der Waals surface area contributed by atoms with E-state index < -0.39 is 0 Å². The van der Waals surface area contributed by atoms with Crippen molar-refractivity contribution in [3.8, 4) is 11.4 Å².